The Morgan fingerprint density at radius 2 is 1.69 bits per heavy atom. The molecule has 3 saturated heterocycles. The minimum absolute atomic E-state index is 0.0442. The van der Waals surface area contributed by atoms with E-state index < -0.39 is 131 Å². The number of nitrogens with two attached hydrogens (primary N) is 1. The van der Waals surface area contributed by atoms with Crippen LogP contribution in [0.1, 0.15) is 111 Å². The van der Waals surface area contributed by atoms with Gasteiger partial charge in [-0.3, -0.25) is 9.59 Å². The van der Waals surface area contributed by atoms with Crippen LogP contribution >= 0.6 is 22.6 Å². The molecule has 0 radical (unpaired) electrons. The van der Waals surface area contributed by atoms with Crippen molar-refractivity contribution in [3.63, 3.8) is 0 Å². The lowest BCUT2D eigenvalue weighted by Gasteiger charge is -2.49. The van der Waals surface area contributed by atoms with Crippen LogP contribution in [-0.2, 0) is 55.7 Å². The van der Waals surface area contributed by atoms with E-state index in [1.807, 2.05) is 84.6 Å². The van der Waals surface area contributed by atoms with Crippen molar-refractivity contribution in [2.45, 2.75) is 195 Å². The van der Waals surface area contributed by atoms with E-state index in [0.29, 0.717) is 38.2 Å². The maximum Gasteiger partial charge on any atom is 0.312 e. The number of alkyl halides is 2. The zero-order valence-corrected chi connectivity index (χ0v) is 48.2. The van der Waals surface area contributed by atoms with Crippen molar-refractivity contribution in [2.75, 3.05) is 54.6 Å². The van der Waals surface area contributed by atoms with Crippen LogP contribution in [0, 0.1) is 17.8 Å². The molecule has 3 aliphatic rings. The lowest BCUT2D eigenvalue weighted by molar-refractivity contribution is -0.318. The number of aliphatic hydroxyl groups is 5. The van der Waals surface area contributed by atoms with Crippen LogP contribution in [0.3, 0.4) is 0 Å². The van der Waals surface area contributed by atoms with Gasteiger partial charge >= 0.3 is 5.97 Å². The number of cyclic esters (lactones) is 1. The highest BCUT2D eigenvalue weighted by Crippen LogP contribution is 2.41. The van der Waals surface area contributed by atoms with Crippen LogP contribution < -0.4 is 11.1 Å². The SMILES string of the molecule is CO[C@H](c1ccc(CNCC(N)=O)cc1)[C@@H](CF)n1cc(CCN(C)[C@H]2C[C@@H](C)O[C@@H](O[C@@H]3[C@@H](C)[C@H](O[C@H]4C[C@@](C)(OC)[C@@H](O)[C@H](C)O4)[C@@H](C)C(=O)O[C@H](I)[C@@](C)(O)[C@H](O)[C@@H](C)N(C)C[C@H](C)C[C@@]3(C)O)[C@@H]2O)nn1. The first-order valence-electron chi connectivity index (χ1n) is 26.1. The first kappa shape index (κ1) is 63.2. The van der Waals surface area contributed by atoms with Crippen LogP contribution in [-0.4, -0.2) is 205 Å². The van der Waals surface area contributed by atoms with Gasteiger partial charge in [0.05, 0.1) is 53.8 Å². The van der Waals surface area contributed by atoms with Crippen molar-refractivity contribution in [3.05, 3.63) is 47.3 Å². The van der Waals surface area contributed by atoms with Gasteiger partial charge in [-0.05, 0) is 115 Å². The third-order valence-electron chi connectivity index (χ3n) is 15.8. The number of aliphatic hydroxyl groups excluding tert-OH is 3. The fourth-order valence-corrected chi connectivity index (χ4v) is 11.7. The number of rotatable bonds is 18. The van der Waals surface area contributed by atoms with Gasteiger partial charge in [-0.1, -0.05) is 43.3 Å². The lowest BCUT2D eigenvalue weighted by atomic mass is 9.77. The Morgan fingerprint density at radius 3 is 2.31 bits per heavy atom. The predicted octanol–water partition coefficient (Wildman–Crippen LogP) is 2.56. The summed E-state index contributed by atoms with van der Waals surface area (Å²) < 4.78 is 58.9. The predicted molar refractivity (Wildman–Crippen MR) is 283 cm³/mol. The Morgan fingerprint density at radius 1 is 1.03 bits per heavy atom. The molecule has 3 aliphatic heterocycles. The van der Waals surface area contributed by atoms with E-state index >= 15 is 0 Å². The number of carbonyl (C=O) groups is 2. The molecule has 8 N–H and O–H groups in total. The van der Waals surface area contributed by atoms with Gasteiger partial charge in [-0.15, -0.1) is 5.10 Å². The quantitative estimate of drug-likeness (QED) is 0.0642. The monoisotopic (exact) mass is 1180 g/mol. The van der Waals surface area contributed by atoms with Crippen LogP contribution in [0.4, 0.5) is 4.39 Å². The second-order valence-electron chi connectivity index (χ2n) is 22.2. The van der Waals surface area contributed by atoms with Gasteiger partial charge < -0.3 is 79.5 Å². The maximum atomic E-state index is 14.8. The molecular formula is C52H87FIN7O14. The molecule has 3 fully saturated rings. The second kappa shape index (κ2) is 27.0. The summed E-state index contributed by atoms with van der Waals surface area (Å²) >= 11 is 1.81. The number of nitrogens with one attached hydrogen (secondary N) is 1. The van der Waals surface area contributed by atoms with Gasteiger partial charge in [0.25, 0.3) is 0 Å². The van der Waals surface area contributed by atoms with E-state index in [1.165, 1.54) is 25.8 Å². The Kier molecular flexibility index (Phi) is 22.8. The number of amides is 1. The van der Waals surface area contributed by atoms with Crippen LogP contribution in [0.5, 0.6) is 0 Å². The Bertz CT molecular complexity index is 2110. The number of ether oxygens (including phenoxy) is 7. The van der Waals surface area contributed by atoms with E-state index in [2.05, 4.69) is 15.6 Å². The average Bonchev–Trinajstić information content (AvgIpc) is 3.82. The van der Waals surface area contributed by atoms with E-state index in [1.54, 1.807) is 47.7 Å². The number of benzene rings is 1. The molecule has 0 unspecified atom stereocenters. The van der Waals surface area contributed by atoms with Gasteiger partial charge in [0.2, 0.25) is 5.91 Å². The summed E-state index contributed by atoms with van der Waals surface area (Å²) in [7, 11) is 6.67. The van der Waals surface area contributed by atoms with Gasteiger partial charge in [0.1, 0.15) is 42.7 Å². The van der Waals surface area contributed by atoms with Crippen LogP contribution in [0.2, 0.25) is 0 Å². The molecule has 0 bridgehead atoms. The minimum Gasteiger partial charge on any atom is -0.448 e. The molecule has 1 aromatic heterocycles. The number of halogens is 2. The number of aromatic nitrogens is 3. The molecule has 2 aromatic rings. The van der Waals surface area contributed by atoms with Gasteiger partial charge in [0.15, 0.2) is 16.7 Å². The minimum atomic E-state index is -1.88. The van der Waals surface area contributed by atoms with Gasteiger partial charge in [-0.2, -0.15) is 0 Å². The van der Waals surface area contributed by atoms with Crippen molar-refractivity contribution >= 4 is 34.5 Å². The third kappa shape index (κ3) is 15.6. The highest BCUT2D eigenvalue weighted by molar-refractivity contribution is 14.1. The molecule has 20 atom stereocenters. The van der Waals surface area contributed by atoms with Crippen molar-refractivity contribution in [1.82, 2.24) is 30.1 Å². The number of hydrogen-bond donors (Lipinski definition) is 7. The maximum absolute atomic E-state index is 14.8. The second-order valence-corrected chi connectivity index (χ2v) is 23.4. The van der Waals surface area contributed by atoms with Gasteiger partial charge in [-0.25, -0.2) is 9.07 Å². The molecule has 0 saturated carbocycles. The summed E-state index contributed by atoms with van der Waals surface area (Å²) in [5, 5.41) is 71.0. The Labute approximate surface area is 455 Å². The zero-order valence-electron chi connectivity index (χ0n) is 46.0. The smallest absolute Gasteiger partial charge is 0.312 e. The number of hydrogen-bond acceptors (Lipinski definition) is 19. The molecule has 21 nitrogen and oxygen atoms in total. The van der Waals surface area contributed by atoms with E-state index in [9.17, 15) is 39.5 Å². The first-order chi connectivity index (χ1) is 35.1. The summed E-state index contributed by atoms with van der Waals surface area (Å²) in [4.78, 5) is 29.4. The number of likely N-dealkylation sites (N-methyl/N-ethyl adjacent to an activating group) is 2. The molecule has 0 spiro atoms. The molecule has 1 aromatic carbocycles. The highest BCUT2D eigenvalue weighted by atomic mass is 127. The zero-order chi connectivity index (χ0) is 55.9. The molecule has 5 rings (SSSR count). The largest absolute Gasteiger partial charge is 0.448 e. The molecular weight excluding hydrogens is 1090 g/mol. The number of nitrogens with zero attached hydrogens (tertiary/aromatic N) is 5. The number of esters is 1. The number of methoxy groups -OCH3 is 2. The van der Waals surface area contributed by atoms with E-state index in [-0.39, 0.29) is 25.3 Å². The molecule has 23 heteroatoms. The average molecular weight is 1180 g/mol. The number of carbonyl (C=O) groups excluding carboxylic acids is 2. The van der Waals surface area contributed by atoms with Crippen molar-refractivity contribution < 1.29 is 72.7 Å². The molecule has 0 aliphatic carbocycles. The third-order valence-corrected chi connectivity index (χ3v) is 17.3. The highest BCUT2D eigenvalue weighted by Gasteiger charge is 2.53. The van der Waals surface area contributed by atoms with Crippen LogP contribution in [0.25, 0.3) is 0 Å². The first-order valence-corrected chi connectivity index (χ1v) is 27.3. The van der Waals surface area contributed by atoms with Crippen molar-refractivity contribution in [2.24, 2.45) is 23.5 Å². The Hall–Kier alpha value is -2.60. The van der Waals surface area contributed by atoms with Gasteiger partial charge in [0, 0.05) is 70.9 Å². The standard InChI is InChI=1S/C52H87FIN7O14/c1-28-21-50(7,67)46(30(3)42(73-40-22-51(8,70-13)45(65)33(6)72-40)31(4)47(66)75-49(54)52(9,68)44(64)32(5)60(11)26-28)74-48-41(63)37(20-29(2)71-48)59(10)19-18-36-27-61(58-57-36)38(23-53)43(69-12)35-16-14-34(15-17-35)24-56-25-39(55)62/h14-17,27-33,37-38,40-46,48-49,56,63-65,67-68H,18-26H2,1-13H3,(H2,55,62)/t28-,29-,30+,31-,32-,33+,37+,38-,40+,41-,42+,43-,44-,45+,46-,48+,49+,50-,51-,52+/m1/s1. The fraction of sp³-hybridized carbons (Fsp3) is 0.808. The summed E-state index contributed by atoms with van der Waals surface area (Å²) in [5.41, 5.74) is 2.82. The van der Waals surface area contributed by atoms with Crippen LogP contribution in [0.15, 0.2) is 30.5 Å². The Balaban J connectivity index is 1.40. The molecule has 4 heterocycles. The fourth-order valence-electron chi connectivity index (χ4n) is 11.1. The number of primary amides is 1. The lowest BCUT2D eigenvalue weighted by Crippen LogP contribution is -2.60. The van der Waals surface area contributed by atoms with E-state index in [4.69, 9.17) is 38.9 Å². The summed E-state index contributed by atoms with van der Waals surface area (Å²) in [6.07, 6.45) is -7.29. The summed E-state index contributed by atoms with van der Waals surface area (Å²) in [6, 6.07) is 5.48. The van der Waals surface area contributed by atoms with Crippen molar-refractivity contribution in [3.8, 4) is 0 Å². The molecule has 75 heavy (non-hydrogen) atoms. The van der Waals surface area contributed by atoms with E-state index in [0.717, 1.165) is 11.1 Å². The summed E-state index contributed by atoms with van der Waals surface area (Å²) in [5.74, 6) is -3.41. The van der Waals surface area contributed by atoms with Crippen molar-refractivity contribution in [1.29, 1.82) is 0 Å². The molecule has 1 amide bonds. The normalized spacial score (nSPS) is 38.8. The topological polar surface area (TPSA) is 275 Å². The molecule has 428 valence electrons. The summed E-state index contributed by atoms with van der Waals surface area (Å²) in [6.45, 7) is 16.0.